The van der Waals surface area contributed by atoms with Gasteiger partial charge in [-0.25, -0.2) is 23.7 Å². The summed E-state index contributed by atoms with van der Waals surface area (Å²) in [6, 6.07) is 6.64. The molecule has 4 aromatic rings. The Morgan fingerprint density at radius 3 is 2.48 bits per heavy atom. The first-order valence-electron chi connectivity index (χ1n) is 8.89. The van der Waals surface area contributed by atoms with E-state index in [1.54, 1.807) is 43.8 Å². The molecule has 2 aromatic carbocycles. The Morgan fingerprint density at radius 1 is 1.03 bits per heavy atom. The molecule has 29 heavy (non-hydrogen) atoms. The monoisotopic (exact) mass is 393 g/mol. The number of carbonyl (C=O) groups excluding carboxylic acids is 1. The van der Waals surface area contributed by atoms with E-state index in [4.69, 9.17) is 0 Å². The number of nitrogens with zero attached hydrogens (tertiary/aromatic N) is 4. The van der Waals surface area contributed by atoms with Crippen LogP contribution in [-0.4, -0.2) is 25.4 Å². The lowest BCUT2D eigenvalue weighted by Gasteiger charge is -2.11. The number of hydrogen-bond acceptors (Lipinski definition) is 4. The van der Waals surface area contributed by atoms with Gasteiger partial charge in [-0.05, 0) is 45.0 Å². The van der Waals surface area contributed by atoms with E-state index < -0.39 is 17.5 Å². The van der Waals surface area contributed by atoms with Gasteiger partial charge < -0.3 is 9.88 Å². The third-order valence-electron chi connectivity index (χ3n) is 4.68. The van der Waals surface area contributed by atoms with Crippen LogP contribution in [0.5, 0.6) is 0 Å². The molecule has 0 aliphatic carbocycles. The molecule has 146 valence electrons. The first kappa shape index (κ1) is 18.7. The van der Waals surface area contributed by atoms with Crippen molar-refractivity contribution < 1.29 is 13.6 Å². The lowest BCUT2D eigenvalue weighted by molar-refractivity contribution is 0.102. The maximum absolute atomic E-state index is 14.6. The number of amides is 1. The van der Waals surface area contributed by atoms with E-state index in [2.05, 4.69) is 20.3 Å². The average Bonchev–Trinajstić information content (AvgIpc) is 3.08. The molecule has 0 spiro atoms. The van der Waals surface area contributed by atoms with Gasteiger partial charge in [-0.2, -0.15) is 0 Å². The Balaban J connectivity index is 1.69. The normalized spacial score (nSPS) is 11.1. The zero-order chi connectivity index (χ0) is 20.7. The van der Waals surface area contributed by atoms with Crippen LogP contribution in [0.1, 0.15) is 27.6 Å². The number of halogens is 2. The zero-order valence-electron chi connectivity index (χ0n) is 16.0. The van der Waals surface area contributed by atoms with Crippen LogP contribution in [0.3, 0.4) is 0 Å². The summed E-state index contributed by atoms with van der Waals surface area (Å²) >= 11 is 0. The molecule has 0 saturated heterocycles. The van der Waals surface area contributed by atoms with Crippen LogP contribution in [0.4, 0.5) is 14.5 Å². The number of rotatable bonds is 3. The second-order valence-electron chi connectivity index (χ2n) is 6.68. The van der Waals surface area contributed by atoms with Crippen LogP contribution >= 0.6 is 0 Å². The Morgan fingerprint density at radius 2 is 1.79 bits per heavy atom. The van der Waals surface area contributed by atoms with E-state index in [-0.39, 0.29) is 22.3 Å². The summed E-state index contributed by atoms with van der Waals surface area (Å²) in [5, 5.41) is 2.60. The number of aryl methyl sites for hydroxylation is 3. The minimum Gasteiger partial charge on any atom is -0.322 e. The highest BCUT2D eigenvalue weighted by atomic mass is 19.1. The molecule has 2 aromatic heterocycles. The summed E-state index contributed by atoms with van der Waals surface area (Å²) in [5.41, 5.74) is 2.46. The third kappa shape index (κ3) is 3.44. The smallest absolute Gasteiger partial charge is 0.258 e. The van der Waals surface area contributed by atoms with E-state index >= 15 is 0 Å². The van der Waals surface area contributed by atoms with Crippen LogP contribution in [0.15, 0.2) is 42.7 Å². The van der Waals surface area contributed by atoms with Gasteiger partial charge in [0, 0.05) is 24.1 Å². The first-order chi connectivity index (χ1) is 13.8. The highest BCUT2D eigenvalue weighted by Gasteiger charge is 2.17. The molecule has 0 aliphatic rings. The number of fused-ring (bicyclic) bond motifs is 1. The van der Waals surface area contributed by atoms with Crippen molar-refractivity contribution in [2.75, 3.05) is 5.32 Å². The van der Waals surface area contributed by atoms with Gasteiger partial charge >= 0.3 is 0 Å². The highest BCUT2D eigenvalue weighted by Crippen LogP contribution is 2.23. The lowest BCUT2D eigenvalue weighted by Crippen LogP contribution is -2.14. The highest BCUT2D eigenvalue weighted by molar-refractivity contribution is 6.11. The Labute approximate surface area is 165 Å². The summed E-state index contributed by atoms with van der Waals surface area (Å²) in [6.45, 7) is 5.28. The molecule has 0 fully saturated rings. The number of benzene rings is 2. The van der Waals surface area contributed by atoms with Crippen molar-refractivity contribution in [1.82, 2.24) is 19.5 Å². The molecule has 0 unspecified atom stereocenters. The molecule has 0 atom stereocenters. The molecule has 4 rings (SSSR count). The molecule has 1 N–H and O–H groups in total. The quantitative estimate of drug-likeness (QED) is 0.564. The summed E-state index contributed by atoms with van der Waals surface area (Å²) in [4.78, 5) is 25.5. The van der Waals surface area contributed by atoms with Crippen molar-refractivity contribution in [3.8, 4) is 5.69 Å². The van der Waals surface area contributed by atoms with Crippen LogP contribution in [-0.2, 0) is 0 Å². The average molecular weight is 393 g/mol. The van der Waals surface area contributed by atoms with E-state index in [9.17, 15) is 13.6 Å². The lowest BCUT2D eigenvalue weighted by atomic mass is 10.1. The second-order valence-corrected chi connectivity index (χ2v) is 6.68. The summed E-state index contributed by atoms with van der Waals surface area (Å²) in [7, 11) is 0. The topological polar surface area (TPSA) is 72.7 Å². The Hall–Kier alpha value is -3.68. The largest absolute Gasteiger partial charge is 0.322 e. The summed E-state index contributed by atoms with van der Waals surface area (Å²) in [6.07, 6.45) is 3.22. The van der Waals surface area contributed by atoms with E-state index in [0.29, 0.717) is 22.9 Å². The minimum absolute atomic E-state index is 0.0329. The van der Waals surface area contributed by atoms with Crippen molar-refractivity contribution in [3.05, 3.63) is 77.1 Å². The third-order valence-corrected chi connectivity index (χ3v) is 4.68. The molecule has 0 radical (unpaired) electrons. The van der Waals surface area contributed by atoms with Crippen molar-refractivity contribution >= 4 is 22.6 Å². The fraction of sp³-hybridized carbons (Fsp3) is 0.143. The summed E-state index contributed by atoms with van der Waals surface area (Å²) < 4.78 is 30.2. The predicted octanol–water partition coefficient (Wildman–Crippen LogP) is 4.27. The number of carbonyl (C=O) groups is 1. The van der Waals surface area contributed by atoms with Gasteiger partial charge in [0.25, 0.3) is 5.91 Å². The zero-order valence-corrected chi connectivity index (χ0v) is 16.0. The molecule has 0 saturated carbocycles. The number of imidazole rings is 1. The maximum Gasteiger partial charge on any atom is 0.258 e. The maximum atomic E-state index is 14.6. The van der Waals surface area contributed by atoms with E-state index in [1.165, 1.54) is 18.2 Å². The predicted molar refractivity (Wildman–Crippen MR) is 105 cm³/mol. The van der Waals surface area contributed by atoms with Gasteiger partial charge in [0.05, 0.1) is 28.2 Å². The molecular formula is C21H17F2N5O. The van der Waals surface area contributed by atoms with Crippen LogP contribution < -0.4 is 5.32 Å². The standard InChI is InChI=1S/C21H17F2N5O/c1-11-12(2)26-20-16(8-14(22)9-18(20)25-11)21(29)27-15-4-5-19(17(23)10-15)28-7-6-24-13(28)3/h4-10H,1-3H3,(H,27,29). The van der Waals surface area contributed by atoms with Crippen LogP contribution in [0.25, 0.3) is 16.7 Å². The molecule has 6 nitrogen and oxygen atoms in total. The van der Waals surface area contributed by atoms with Gasteiger partial charge in [0.2, 0.25) is 0 Å². The Kier molecular flexibility index (Phi) is 4.54. The van der Waals surface area contributed by atoms with Gasteiger partial charge in [-0.3, -0.25) is 4.79 Å². The van der Waals surface area contributed by atoms with Gasteiger partial charge in [-0.15, -0.1) is 0 Å². The van der Waals surface area contributed by atoms with E-state index in [1.807, 2.05) is 0 Å². The van der Waals surface area contributed by atoms with Crippen molar-refractivity contribution in [1.29, 1.82) is 0 Å². The second kappa shape index (κ2) is 7.05. The van der Waals surface area contributed by atoms with Crippen molar-refractivity contribution in [2.24, 2.45) is 0 Å². The number of anilines is 1. The molecule has 0 bridgehead atoms. The van der Waals surface area contributed by atoms with Crippen LogP contribution in [0.2, 0.25) is 0 Å². The molecule has 1 amide bonds. The first-order valence-corrected chi connectivity index (χ1v) is 8.89. The molecule has 8 heteroatoms. The van der Waals surface area contributed by atoms with Gasteiger partial charge in [-0.1, -0.05) is 0 Å². The molecule has 0 aliphatic heterocycles. The van der Waals surface area contributed by atoms with Crippen LogP contribution in [0, 0.1) is 32.4 Å². The van der Waals surface area contributed by atoms with Gasteiger partial charge in [0.1, 0.15) is 23.0 Å². The SMILES string of the molecule is Cc1nc2cc(F)cc(C(=O)Nc3ccc(-n4ccnc4C)c(F)c3)c2nc1C. The van der Waals surface area contributed by atoms with Crippen molar-refractivity contribution in [2.45, 2.75) is 20.8 Å². The molecule has 2 heterocycles. The van der Waals surface area contributed by atoms with E-state index in [0.717, 1.165) is 6.07 Å². The minimum atomic E-state index is -0.600. The van der Waals surface area contributed by atoms with Crippen molar-refractivity contribution in [3.63, 3.8) is 0 Å². The molecular weight excluding hydrogens is 376 g/mol. The van der Waals surface area contributed by atoms with Gasteiger partial charge in [0.15, 0.2) is 0 Å². The Bertz CT molecular complexity index is 1270. The number of nitrogens with one attached hydrogen (secondary N) is 1. The number of aromatic nitrogens is 4. The summed E-state index contributed by atoms with van der Waals surface area (Å²) in [5.74, 6) is -1.09. The fourth-order valence-corrected chi connectivity index (χ4v) is 3.08. The fourth-order valence-electron chi connectivity index (χ4n) is 3.08. The number of hydrogen-bond donors (Lipinski definition) is 1.